The molecule has 0 saturated heterocycles. The van der Waals surface area contributed by atoms with Crippen molar-refractivity contribution >= 4 is 35.4 Å². The van der Waals surface area contributed by atoms with E-state index in [-0.39, 0.29) is 7.43 Å². The predicted octanol–water partition coefficient (Wildman–Crippen LogP) is 5.43. The number of carboxylic acid groups (broad SMARTS) is 1. The molecule has 0 aliphatic rings. The van der Waals surface area contributed by atoms with Crippen molar-refractivity contribution in [2.75, 3.05) is 5.75 Å². The maximum Gasteiger partial charge on any atom is 0.332 e. The summed E-state index contributed by atoms with van der Waals surface area (Å²) >= 11 is 7.24. The van der Waals surface area contributed by atoms with Crippen LogP contribution in [-0.4, -0.2) is 16.8 Å². The summed E-state index contributed by atoms with van der Waals surface area (Å²) in [6.45, 7) is 7.40. The number of benzene rings is 1. The Labute approximate surface area is 135 Å². The summed E-state index contributed by atoms with van der Waals surface area (Å²) in [7, 11) is 0. The highest BCUT2D eigenvalue weighted by atomic mass is 35.5. The summed E-state index contributed by atoms with van der Waals surface area (Å²) in [6.07, 6.45) is 6.81. The fraction of sp³-hybridized carbons (Fsp3) is 0.118. The second-order valence-electron chi connectivity index (χ2n) is 3.88. The van der Waals surface area contributed by atoms with Crippen LogP contribution in [0.4, 0.5) is 0 Å². The smallest absolute Gasteiger partial charge is 0.332 e. The normalized spacial score (nSPS) is 11.0. The Kier molecular flexibility index (Phi) is 9.26. The fourth-order valence-electron chi connectivity index (χ4n) is 1.36. The van der Waals surface area contributed by atoms with E-state index in [0.29, 0.717) is 16.3 Å². The number of allylic oxidation sites excluding steroid dienone is 3. The molecule has 1 N–H and O–H groups in total. The van der Waals surface area contributed by atoms with Crippen LogP contribution in [0.1, 0.15) is 13.0 Å². The minimum absolute atomic E-state index is 0. The Morgan fingerprint density at radius 1 is 1.43 bits per heavy atom. The van der Waals surface area contributed by atoms with Crippen LogP contribution >= 0.6 is 23.4 Å². The SMILES string of the molecule is C.C=C/C=C\C(=C)SC/C(=C\c1cccc(Cl)c1)C(=O)O. The van der Waals surface area contributed by atoms with Crippen LogP contribution in [0.3, 0.4) is 0 Å². The van der Waals surface area contributed by atoms with Crippen LogP contribution in [0, 0.1) is 0 Å². The molecular formula is C17H19ClO2S. The van der Waals surface area contributed by atoms with Crippen molar-refractivity contribution in [3.63, 3.8) is 0 Å². The van der Waals surface area contributed by atoms with Gasteiger partial charge in [-0.25, -0.2) is 4.79 Å². The molecule has 0 radical (unpaired) electrons. The van der Waals surface area contributed by atoms with Gasteiger partial charge in [0, 0.05) is 21.3 Å². The van der Waals surface area contributed by atoms with Crippen molar-refractivity contribution in [3.05, 3.63) is 76.7 Å². The second kappa shape index (κ2) is 10.1. The average molecular weight is 323 g/mol. The van der Waals surface area contributed by atoms with Gasteiger partial charge in [-0.2, -0.15) is 0 Å². The Hall–Kier alpha value is -1.71. The molecule has 0 spiro atoms. The third kappa shape index (κ3) is 7.59. The van der Waals surface area contributed by atoms with Gasteiger partial charge in [0.05, 0.1) is 0 Å². The van der Waals surface area contributed by atoms with Gasteiger partial charge in [-0.3, -0.25) is 0 Å². The summed E-state index contributed by atoms with van der Waals surface area (Å²) < 4.78 is 0. The first kappa shape index (κ1) is 19.3. The van der Waals surface area contributed by atoms with E-state index in [9.17, 15) is 9.90 Å². The van der Waals surface area contributed by atoms with Crippen LogP contribution in [0.25, 0.3) is 6.08 Å². The first-order valence-electron chi connectivity index (χ1n) is 5.83. The zero-order valence-electron chi connectivity index (χ0n) is 10.9. The van der Waals surface area contributed by atoms with E-state index in [2.05, 4.69) is 13.2 Å². The summed E-state index contributed by atoms with van der Waals surface area (Å²) in [4.78, 5) is 12.0. The van der Waals surface area contributed by atoms with E-state index in [1.54, 1.807) is 42.5 Å². The van der Waals surface area contributed by atoms with Gasteiger partial charge in [0.1, 0.15) is 0 Å². The molecule has 21 heavy (non-hydrogen) atoms. The van der Waals surface area contributed by atoms with Crippen LogP contribution in [0.2, 0.25) is 5.02 Å². The van der Waals surface area contributed by atoms with Crippen LogP contribution in [0.15, 0.2) is 66.1 Å². The van der Waals surface area contributed by atoms with E-state index in [1.807, 2.05) is 6.07 Å². The molecular weight excluding hydrogens is 304 g/mol. The zero-order chi connectivity index (χ0) is 15.0. The Bertz CT molecular complexity index is 574. The van der Waals surface area contributed by atoms with E-state index < -0.39 is 5.97 Å². The number of halogens is 1. The number of carboxylic acids is 1. The molecule has 0 amide bonds. The molecule has 0 bridgehead atoms. The third-order valence-corrected chi connectivity index (χ3v) is 3.49. The maximum atomic E-state index is 11.2. The molecule has 1 aromatic rings. The first-order chi connectivity index (χ1) is 9.52. The van der Waals surface area contributed by atoms with Gasteiger partial charge >= 0.3 is 5.97 Å². The molecule has 0 aliphatic carbocycles. The molecule has 0 aromatic heterocycles. The monoisotopic (exact) mass is 322 g/mol. The number of hydrogen-bond donors (Lipinski definition) is 1. The molecule has 0 aliphatic heterocycles. The average Bonchev–Trinajstić information content (AvgIpc) is 2.40. The lowest BCUT2D eigenvalue weighted by Crippen LogP contribution is -2.03. The zero-order valence-corrected chi connectivity index (χ0v) is 12.5. The van der Waals surface area contributed by atoms with E-state index in [0.717, 1.165) is 10.5 Å². The maximum absolute atomic E-state index is 11.2. The van der Waals surface area contributed by atoms with Gasteiger partial charge in [0.25, 0.3) is 0 Å². The highest BCUT2D eigenvalue weighted by molar-refractivity contribution is 8.03. The van der Waals surface area contributed by atoms with Gasteiger partial charge in [-0.15, -0.1) is 11.8 Å². The largest absolute Gasteiger partial charge is 0.478 e. The molecule has 112 valence electrons. The van der Waals surface area contributed by atoms with E-state index in [1.165, 1.54) is 11.8 Å². The van der Waals surface area contributed by atoms with Crippen molar-refractivity contribution < 1.29 is 9.90 Å². The molecule has 2 nitrogen and oxygen atoms in total. The van der Waals surface area contributed by atoms with Crippen molar-refractivity contribution in [2.24, 2.45) is 0 Å². The summed E-state index contributed by atoms with van der Waals surface area (Å²) in [5, 5.41) is 9.79. The second-order valence-corrected chi connectivity index (χ2v) is 5.42. The van der Waals surface area contributed by atoms with E-state index in [4.69, 9.17) is 11.6 Å². The molecule has 0 fully saturated rings. The Morgan fingerprint density at radius 2 is 2.14 bits per heavy atom. The highest BCUT2D eigenvalue weighted by Gasteiger charge is 2.08. The lowest BCUT2D eigenvalue weighted by Gasteiger charge is -2.03. The summed E-state index contributed by atoms with van der Waals surface area (Å²) in [5.41, 5.74) is 1.06. The third-order valence-electron chi connectivity index (χ3n) is 2.30. The number of carbonyl (C=O) groups is 1. The van der Waals surface area contributed by atoms with Crippen molar-refractivity contribution in [2.45, 2.75) is 7.43 Å². The van der Waals surface area contributed by atoms with Crippen molar-refractivity contribution in [3.8, 4) is 0 Å². The van der Waals surface area contributed by atoms with E-state index >= 15 is 0 Å². The lowest BCUT2D eigenvalue weighted by atomic mass is 10.1. The molecule has 0 saturated carbocycles. The number of rotatable bonds is 7. The van der Waals surface area contributed by atoms with Gasteiger partial charge < -0.3 is 5.11 Å². The highest BCUT2D eigenvalue weighted by Crippen LogP contribution is 2.21. The summed E-state index contributed by atoms with van der Waals surface area (Å²) in [5.74, 6) is -0.611. The van der Waals surface area contributed by atoms with Crippen molar-refractivity contribution in [1.29, 1.82) is 0 Å². The topological polar surface area (TPSA) is 37.3 Å². The number of thioether (sulfide) groups is 1. The lowest BCUT2D eigenvalue weighted by molar-refractivity contribution is -0.132. The Balaban J connectivity index is 0.00000400. The summed E-state index contributed by atoms with van der Waals surface area (Å²) in [6, 6.07) is 7.07. The van der Waals surface area contributed by atoms with Gasteiger partial charge in [0.2, 0.25) is 0 Å². The fourth-order valence-corrected chi connectivity index (χ4v) is 2.28. The number of aliphatic carboxylic acids is 1. The van der Waals surface area contributed by atoms with Gasteiger partial charge in [-0.1, -0.05) is 56.5 Å². The van der Waals surface area contributed by atoms with Crippen molar-refractivity contribution in [1.82, 2.24) is 0 Å². The van der Waals surface area contributed by atoms with Crippen LogP contribution in [-0.2, 0) is 4.79 Å². The molecule has 0 heterocycles. The quantitative estimate of drug-likeness (QED) is 0.537. The first-order valence-corrected chi connectivity index (χ1v) is 7.19. The minimum Gasteiger partial charge on any atom is -0.478 e. The molecule has 0 unspecified atom stereocenters. The van der Waals surface area contributed by atoms with Crippen LogP contribution < -0.4 is 0 Å². The minimum atomic E-state index is -0.946. The molecule has 1 aromatic carbocycles. The molecule has 0 atom stereocenters. The van der Waals surface area contributed by atoms with Gasteiger partial charge in [0.15, 0.2) is 0 Å². The predicted molar refractivity (Wildman–Crippen MR) is 94.7 cm³/mol. The Morgan fingerprint density at radius 3 is 2.71 bits per heavy atom. The molecule has 1 rings (SSSR count). The van der Waals surface area contributed by atoms with Crippen LogP contribution in [0.5, 0.6) is 0 Å². The molecule has 4 heteroatoms. The van der Waals surface area contributed by atoms with Gasteiger partial charge in [-0.05, 0) is 29.8 Å². The standard InChI is InChI=1S/C16H15ClO2S.CH4/c1-3-4-6-12(2)20-11-14(16(18)19)9-13-7-5-8-15(17)10-13;/h3-10H,1-2,11H2,(H,18,19);1H4/b6-4-,14-9+;. The number of hydrogen-bond acceptors (Lipinski definition) is 2.